The van der Waals surface area contributed by atoms with Gasteiger partial charge in [-0.05, 0) is 225 Å². The van der Waals surface area contributed by atoms with Crippen molar-refractivity contribution >= 4 is 10.8 Å². The third kappa shape index (κ3) is 20.4. The molecule has 0 bridgehead atoms. The molecule has 12 nitrogen and oxygen atoms in total. The Balaban J connectivity index is 1.07. The number of aryl methyl sites for hydroxylation is 4. The van der Waals surface area contributed by atoms with E-state index in [1.807, 2.05) is 48.5 Å². The Morgan fingerprint density at radius 1 is 0.404 bits per heavy atom. The van der Waals surface area contributed by atoms with Crippen LogP contribution in [0.4, 0.5) is 0 Å². The molecule has 1 aliphatic carbocycles. The Morgan fingerprint density at radius 2 is 0.838 bits per heavy atom. The summed E-state index contributed by atoms with van der Waals surface area (Å²) in [4.78, 5) is 0. The fraction of sp³-hybridized carbons (Fsp3) is 0.471. The molecule has 0 saturated heterocycles. The maximum absolute atomic E-state index is 10.3. The van der Waals surface area contributed by atoms with Gasteiger partial charge in [0.2, 0.25) is 0 Å². The molecule has 0 saturated carbocycles. The lowest BCUT2D eigenvalue weighted by Gasteiger charge is -2.33. The van der Waals surface area contributed by atoms with Crippen LogP contribution < -0.4 is 28.4 Å². The quantitative estimate of drug-likeness (QED) is 0.0200. The minimum atomic E-state index is -0.519. The molecule has 6 N–H and O–H groups in total. The molecule has 2 atom stereocenters. The van der Waals surface area contributed by atoms with Gasteiger partial charge in [0.25, 0.3) is 0 Å². The van der Waals surface area contributed by atoms with E-state index in [2.05, 4.69) is 152 Å². The topological polar surface area (TPSA) is 177 Å². The molecule has 0 heterocycles. The summed E-state index contributed by atoms with van der Waals surface area (Å²) < 4.78 is 36.1. The van der Waals surface area contributed by atoms with E-state index in [0.717, 1.165) is 141 Å². The molecule has 1 aliphatic rings. The first kappa shape index (κ1) is 75.8. The van der Waals surface area contributed by atoms with E-state index < -0.39 is 5.41 Å². The van der Waals surface area contributed by atoms with E-state index in [-0.39, 0.29) is 89.4 Å². The molecule has 99 heavy (non-hydrogen) atoms. The van der Waals surface area contributed by atoms with Gasteiger partial charge < -0.3 is 59.1 Å². The zero-order valence-corrected chi connectivity index (χ0v) is 60.2. The second kappa shape index (κ2) is 37.3. The Bertz CT molecular complexity index is 3680. The van der Waals surface area contributed by atoms with E-state index in [9.17, 15) is 30.6 Å². The number of benzene rings is 8. The van der Waals surface area contributed by atoms with E-state index in [1.165, 1.54) is 74.5 Å². The van der Waals surface area contributed by atoms with Crippen molar-refractivity contribution in [3.8, 4) is 34.5 Å². The van der Waals surface area contributed by atoms with E-state index in [1.54, 1.807) is 0 Å². The molecule has 0 fully saturated rings. The summed E-state index contributed by atoms with van der Waals surface area (Å²) in [7, 11) is 0. The minimum Gasteiger partial charge on any atom is -0.491 e. The average Bonchev–Trinajstić information content (AvgIpc) is 1.56. The number of rotatable bonds is 42. The fourth-order valence-corrected chi connectivity index (χ4v) is 15.0. The molecular weight excluding hydrogens is 1240 g/mol. The first-order valence-electron chi connectivity index (χ1n) is 36.7. The van der Waals surface area contributed by atoms with Crippen molar-refractivity contribution in [2.24, 2.45) is 5.92 Å². The lowest BCUT2D eigenvalue weighted by atomic mass is 9.69. The SMILES string of the molecule is Cc1cc(OCCO)c(C(C)(C)C)cc1C(CCCc1ccc2c3c(cccc13)CC2(c1ccc(OCCO)cc1)c1ccc(OCCO)cc1)c1cc(C(C)(C)C)c(OCCO)cc1CC(CCCCCCCc1ccc(OCCO)cc1)CCCCCc1ccc(OCCO)cc1. The predicted octanol–water partition coefficient (Wildman–Crippen LogP) is 16.6. The average molecular weight is 1350 g/mol. The second-order valence-corrected chi connectivity index (χ2v) is 29.1. The fourth-order valence-electron chi connectivity index (χ4n) is 15.0. The molecule has 12 heteroatoms. The lowest BCUT2D eigenvalue weighted by molar-refractivity contribution is 0.198. The maximum atomic E-state index is 10.3. The van der Waals surface area contributed by atoms with Gasteiger partial charge in [-0.25, -0.2) is 0 Å². The molecule has 532 valence electrons. The third-order valence-electron chi connectivity index (χ3n) is 19.9. The largest absolute Gasteiger partial charge is 0.491 e. The molecule has 8 aromatic carbocycles. The lowest BCUT2D eigenvalue weighted by Crippen LogP contribution is -2.28. The van der Waals surface area contributed by atoms with E-state index >= 15 is 0 Å². The number of hydrogen-bond acceptors (Lipinski definition) is 12. The predicted molar refractivity (Wildman–Crippen MR) is 399 cm³/mol. The minimum absolute atomic E-state index is 0.0000867. The highest BCUT2D eigenvalue weighted by Crippen LogP contribution is 2.53. The van der Waals surface area contributed by atoms with Crippen LogP contribution in [0.5, 0.6) is 34.5 Å². The van der Waals surface area contributed by atoms with Crippen molar-refractivity contribution in [2.75, 3.05) is 79.3 Å². The summed E-state index contributed by atoms with van der Waals surface area (Å²) in [6.45, 7) is 16.9. The van der Waals surface area contributed by atoms with Crippen LogP contribution in [0.15, 0.2) is 152 Å². The van der Waals surface area contributed by atoms with Crippen LogP contribution in [0.3, 0.4) is 0 Å². The maximum Gasteiger partial charge on any atom is 0.123 e. The molecule has 8 aromatic rings. The molecule has 9 rings (SSSR count). The normalized spacial score (nSPS) is 13.4. The molecule has 0 aliphatic heterocycles. The summed E-state index contributed by atoms with van der Waals surface area (Å²) in [6, 6.07) is 54.5. The van der Waals surface area contributed by atoms with Gasteiger partial charge in [0.05, 0.1) is 39.6 Å². The smallest absolute Gasteiger partial charge is 0.123 e. The van der Waals surface area contributed by atoms with Crippen molar-refractivity contribution in [2.45, 2.75) is 180 Å². The summed E-state index contributed by atoms with van der Waals surface area (Å²) in [5.41, 5.74) is 15.0. The van der Waals surface area contributed by atoms with Gasteiger partial charge in [-0.15, -0.1) is 0 Å². The summed E-state index contributed by atoms with van der Waals surface area (Å²) in [6.07, 6.45) is 17.7. The number of aliphatic hydroxyl groups excluding tert-OH is 6. The second-order valence-electron chi connectivity index (χ2n) is 29.1. The third-order valence-corrected chi connectivity index (χ3v) is 19.9. The summed E-state index contributed by atoms with van der Waals surface area (Å²) >= 11 is 0. The monoisotopic (exact) mass is 1350 g/mol. The number of hydrogen-bond donors (Lipinski definition) is 6. The van der Waals surface area contributed by atoms with Crippen LogP contribution in [0.25, 0.3) is 10.8 Å². The molecule has 0 amide bonds. The molecule has 0 radical (unpaired) electrons. The van der Waals surface area contributed by atoms with Crippen molar-refractivity contribution in [1.82, 2.24) is 0 Å². The van der Waals surface area contributed by atoms with E-state index in [4.69, 9.17) is 28.4 Å². The van der Waals surface area contributed by atoms with Crippen LogP contribution in [-0.4, -0.2) is 110 Å². The highest BCUT2D eigenvalue weighted by atomic mass is 16.5. The van der Waals surface area contributed by atoms with Gasteiger partial charge in [0, 0.05) is 11.3 Å². The van der Waals surface area contributed by atoms with Crippen molar-refractivity contribution in [1.29, 1.82) is 0 Å². The van der Waals surface area contributed by atoms with Gasteiger partial charge in [-0.2, -0.15) is 0 Å². The molecule has 0 spiro atoms. The number of unbranched alkanes of at least 4 members (excludes halogenated alkanes) is 6. The standard InChI is InChI=1S/C87H112O12/c1-62-56-82(98-54-48-92)80(85(2,3)4)59-77(62)76(25-16-22-66-30-43-79-84-67(23-17-24-75(66)84)61-87(79,69-31-39-73(40-32-69)96-52-46-90)70-33-41-74(42-34-70)97-53-47-91)78-60-81(86(5,6)7)83(99-55-49-93)58-68(78)57-65(21-15-11-14-19-64-28-37-72(38-29-64)95-51-45-89)20-13-10-8-9-12-18-63-26-35-71(36-27-63)94-50-44-88/h17,23-24,26-43,56,58-60,65,76,88-93H,8-16,18-22,25,44-55,57,61H2,1-7H3. The Kier molecular flexibility index (Phi) is 28.6. The van der Waals surface area contributed by atoms with Crippen LogP contribution in [0.1, 0.15) is 197 Å². The zero-order valence-electron chi connectivity index (χ0n) is 60.2. The number of aliphatic hydroxyl groups is 6. The first-order chi connectivity index (χ1) is 48.0. The molecular formula is C87H112O12. The van der Waals surface area contributed by atoms with Gasteiger partial charge in [0.1, 0.15) is 74.1 Å². The Hall–Kier alpha value is -7.42. The van der Waals surface area contributed by atoms with Gasteiger partial charge >= 0.3 is 0 Å². The Morgan fingerprint density at radius 3 is 1.32 bits per heavy atom. The summed E-state index contributed by atoms with van der Waals surface area (Å²) in [5.74, 6) is 5.05. The van der Waals surface area contributed by atoms with Gasteiger partial charge in [-0.3, -0.25) is 0 Å². The highest BCUT2D eigenvalue weighted by molar-refractivity contribution is 5.96. The first-order valence-corrected chi connectivity index (χ1v) is 36.7. The van der Waals surface area contributed by atoms with Crippen LogP contribution in [0, 0.1) is 12.8 Å². The van der Waals surface area contributed by atoms with Crippen LogP contribution >= 0.6 is 0 Å². The van der Waals surface area contributed by atoms with E-state index in [0.29, 0.717) is 24.0 Å². The van der Waals surface area contributed by atoms with Gasteiger partial charge in [0.15, 0.2) is 0 Å². The zero-order chi connectivity index (χ0) is 70.2. The number of ether oxygens (including phenoxy) is 6. The van der Waals surface area contributed by atoms with Gasteiger partial charge in [-0.1, -0.05) is 184 Å². The van der Waals surface area contributed by atoms with Crippen molar-refractivity contribution in [3.63, 3.8) is 0 Å². The van der Waals surface area contributed by atoms with Crippen molar-refractivity contribution < 1.29 is 59.1 Å². The van der Waals surface area contributed by atoms with Crippen LogP contribution in [0.2, 0.25) is 0 Å². The highest BCUT2D eigenvalue weighted by Gasteiger charge is 2.43. The summed E-state index contributed by atoms with van der Waals surface area (Å²) in [5, 5.41) is 60.7. The van der Waals surface area contributed by atoms with Crippen molar-refractivity contribution in [3.05, 3.63) is 224 Å². The Labute approximate surface area is 590 Å². The van der Waals surface area contributed by atoms with Crippen LogP contribution in [-0.2, 0) is 48.3 Å². The molecule has 2 unspecified atom stereocenters. The molecule has 0 aromatic heterocycles.